The maximum Gasteiger partial charge on any atom is 0.255 e. The minimum Gasteiger partial charge on any atom is -0.496 e. The molecule has 0 aliphatic rings. The van der Waals surface area contributed by atoms with Crippen LogP contribution in [0.1, 0.15) is 15.9 Å². The van der Waals surface area contributed by atoms with E-state index in [4.69, 9.17) is 27.9 Å². The van der Waals surface area contributed by atoms with E-state index in [0.717, 1.165) is 10.5 Å². The molecule has 0 saturated heterocycles. The number of rotatable bonds is 6. The predicted octanol–water partition coefficient (Wildman–Crippen LogP) is 6.69. The third kappa shape index (κ3) is 5.19. The van der Waals surface area contributed by atoms with E-state index in [2.05, 4.69) is 5.32 Å². The number of nitrogens with one attached hydrogen (secondary N) is 1. The van der Waals surface area contributed by atoms with Crippen LogP contribution in [-0.2, 0) is 5.75 Å². The van der Waals surface area contributed by atoms with Crippen molar-refractivity contribution in [3.63, 3.8) is 0 Å². The first kappa shape index (κ1) is 20.5. The summed E-state index contributed by atoms with van der Waals surface area (Å²) in [6.07, 6.45) is 0. The average molecular weight is 436 g/mol. The van der Waals surface area contributed by atoms with Crippen molar-refractivity contribution in [2.75, 3.05) is 12.4 Å². The molecule has 28 heavy (non-hydrogen) atoms. The van der Waals surface area contributed by atoms with Gasteiger partial charge in [-0.2, -0.15) is 0 Å². The van der Waals surface area contributed by atoms with Gasteiger partial charge in [-0.15, -0.1) is 11.8 Å². The molecule has 3 nitrogen and oxygen atoms in total. The van der Waals surface area contributed by atoms with Crippen LogP contribution < -0.4 is 10.1 Å². The summed E-state index contributed by atoms with van der Waals surface area (Å²) in [5.41, 5.74) is 1.77. The van der Waals surface area contributed by atoms with E-state index in [1.54, 1.807) is 37.1 Å². The van der Waals surface area contributed by atoms with Crippen molar-refractivity contribution in [1.82, 2.24) is 0 Å². The summed E-state index contributed by atoms with van der Waals surface area (Å²) in [6, 6.07) is 16.8. The SMILES string of the molecule is COc1ccc(C(=O)Nc2ccc(F)c(Cl)c2)cc1CSc1ccc(Cl)cc1. The Morgan fingerprint density at radius 2 is 1.82 bits per heavy atom. The van der Waals surface area contributed by atoms with E-state index >= 15 is 0 Å². The van der Waals surface area contributed by atoms with Gasteiger partial charge in [0.25, 0.3) is 5.91 Å². The molecule has 0 spiro atoms. The molecule has 0 aliphatic heterocycles. The Morgan fingerprint density at radius 3 is 2.50 bits per heavy atom. The van der Waals surface area contributed by atoms with Gasteiger partial charge in [0, 0.05) is 32.5 Å². The normalized spacial score (nSPS) is 10.6. The molecule has 0 unspecified atom stereocenters. The van der Waals surface area contributed by atoms with Crippen LogP contribution in [0.25, 0.3) is 0 Å². The number of ether oxygens (including phenoxy) is 1. The fourth-order valence-electron chi connectivity index (χ4n) is 2.50. The highest BCUT2D eigenvalue weighted by atomic mass is 35.5. The van der Waals surface area contributed by atoms with Crippen LogP contribution in [0.15, 0.2) is 65.6 Å². The van der Waals surface area contributed by atoms with Gasteiger partial charge in [-0.05, 0) is 60.7 Å². The topological polar surface area (TPSA) is 38.3 Å². The van der Waals surface area contributed by atoms with Crippen molar-refractivity contribution < 1.29 is 13.9 Å². The Hall–Kier alpha value is -2.21. The number of methoxy groups -OCH3 is 1. The molecule has 1 N–H and O–H groups in total. The predicted molar refractivity (Wildman–Crippen MR) is 113 cm³/mol. The van der Waals surface area contributed by atoms with Crippen LogP contribution in [0.4, 0.5) is 10.1 Å². The third-order valence-corrected chi connectivity index (χ3v) is 5.53. The summed E-state index contributed by atoms with van der Waals surface area (Å²) in [5.74, 6) is 0.463. The van der Waals surface area contributed by atoms with Crippen molar-refractivity contribution >= 4 is 46.6 Å². The molecule has 0 aromatic heterocycles. The molecule has 0 fully saturated rings. The highest BCUT2D eigenvalue weighted by Gasteiger charge is 2.12. The first-order chi connectivity index (χ1) is 13.5. The fourth-order valence-corrected chi connectivity index (χ4v) is 3.68. The van der Waals surface area contributed by atoms with Crippen molar-refractivity contribution in [3.05, 3.63) is 87.7 Å². The molecule has 0 saturated carbocycles. The monoisotopic (exact) mass is 435 g/mol. The number of hydrogen-bond acceptors (Lipinski definition) is 3. The molecule has 0 atom stereocenters. The van der Waals surface area contributed by atoms with Gasteiger partial charge < -0.3 is 10.1 Å². The Kier molecular flexibility index (Phi) is 6.83. The minimum atomic E-state index is -0.536. The lowest BCUT2D eigenvalue weighted by molar-refractivity contribution is 0.102. The summed E-state index contributed by atoms with van der Waals surface area (Å²) in [6.45, 7) is 0. The van der Waals surface area contributed by atoms with Crippen LogP contribution in [0.2, 0.25) is 10.0 Å². The quantitative estimate of drug-likeness (QED) is 0.438. The molecular formula is C21H16Cl2FNO2S. The van der Waals surface area contributed by atoms with Gasteiger partial charge in [-0.25, -0.2) is 4.39 Å². The molecule has 7 heteroatoms. The maximum atomic E-state index is 13.3. The zero-order valence-electron chi connectivity index (χ0n) is 14.8. The van der Waals surface area contributed by atoms with E-state index in [0.29, 0.717) is 27.8 Å². The second-order valence-corrected chi connectivity index (χ2v) is 7.74. The second kappa shape index (κ2) is 9.32. The summed E-state index contributed by atoms with van der Waals surface area (Å²) in [5, 5.41) is 3.35. The first-order valence-corrected chi connectivity index (χ1v) is 10.0. The smallest absolute Gasteiger partial charge is 0.255 e. The van der Waals surface area contributed by atoms with E-state index in [1.807, 2.05) is 24.3 Å². The van der Waals surface area contributed by atoms with Gasteiger partial charge in [0.15, 0.2) is 0 Å². The number of carbonyl (C=O) groups is 1. The molecule has 0 radical (unpaired) electrons. The summed E-state index contributed by atoms with van der Waals surface area (Å²) >= 11 is 13.3. The molecule has 3 aromatic rings. The lowest BCUT2D eigenvalue weighted by Crippen LogP contribution is -2.12. The van der Waals surface area contributed by atoms with Crippen LogP contribution in [0.3, 0.4) is 0 Å². The lowest BCUT2D eigenvalue weighted by atomic mass is 10.1. The van der Waals surface area contributed by atoms with Gasteiger partial charge in [0.05, 0.1) is 12.1 Å². The molecule has 0 aliphatic carbocycles. The van der Waals surface area contributed by atoms with Crippen LogP contribution in [-0.4, -0.2) is 13.0 Å². The highest BCUT2D eigenvalue weighted by molar-refractivity contribution is 7.98. The zero-order valence-corrected chi connectivity index (χ0v) is 17.2. The number of halogens is 3. The van der Waals surface area contributed by atoms with E-state index in [9.17, 15) is 9.18 Å². The van der Waals surface area contributed by atoms with Gasteiger partial charge in [0.1, 0.15) is 11.6 Å². The fraction of sp³-hybridized carbons (Fsp3) is 0.0952. The molecule has 0 heterocycles. The highest BCUT2D eigenvalue weighted by Crippen LogP contribution is 2.30. The van der Waals surface area contributed by atoms with Gasteiger partial charge in [-0.1, -0.05) is 23.2 Å². The molecule has 3 aromatic carbocycles. The van der Waals surface area contributed by atoms with Gasteiger partial charge in [0.2, 0.25) is 0 Å². The van der Waals surface area contributed by atoms with Gasteiger partial charge >= 0.3 is 0 Å². The molecule has 144 valence electrons. The summed E-state index contributed by atoms with van der Waals surface area (Å²) < 4.78 is 18.7. The average Bonchev–Trinajstić information content (AvgIpc) is 2.70. The van der Waals surface area contributed by atoms with Crippen molar-refractivity contribution in [3.8, 4) is 5.75 Å². The Bertz CT molecular complexity index is 996. The van der Waals surface area contributed by atoms with E-state index in [1.165, 1.54) is 18.2 Å². The summed E-state index contributed by atoms with van der Waals surface area (Å²) in [7, 11) is 1.59. The minimum absolute atomic E-state index is 0.0485. The Labute approximate surface area is 176 Å². The van der Waals surface area contributed by atoms with Crippen molar-refractivity contribution in [1.29, 1.82) is 0 Å². The van der Waals surface area contributed by atoms with E-state index in [-0.39, 0.29) is 10.9 Å². The largest absolute Gasteiger partial charge is 0.496 e. The number of carbonyl (C=O) groups excluding carboxylic acids is 1. The first-order valence-electron chi connectivity index (χ1n) is 8.28. The number of thioether (sulfide) groups is 1. The Balaban J connectivity index is 1.76. The van der Waals surface area contributed by atoms with Crippen molar-refractivity contribution in [2.24, 2.45) is 0 Å². The molecule has 3 rings (SSSR count). The lowest BCUT2D eigenvalue weighted by Gasteiger charge is -2.11. The zero-order chi connectivity index (χ0) is 20.1. The van der Waals surface area contributed by atoms with Crippen LogP contribution in [0, 0.1) is 5.82 Å². The van der Waals surface area contributed by atoms with Crippen LogP contribution in [0.5, 0.6) is 5.75 Å². The number of benzene rings is 3. The molecule has 1 amide bonds. The maximum absolute atomic E-state index is 13.3. The number of amides is 1. The number of anilines is 1. The Morgan fingerprint density at radius 1 is 1.07 bits per heavy atom. The van der Waals surface area contributed by atoms with Crippen LogP contribution >= 0.6 is 35.0 Å². The summed E-state index contributed by atoms with van der Waals surface area (Å²) in [4.78, 5) is 13.6. The number of hydrogen-bond donors (Lipinski definition) is 1. The van der Waals surface area contributed by atoms with Gasteiger partial charge in [-0.3, -0.25) is 4.79 Å². The second-order valence-electron chi connectivity index (χ2n) is 5.85. The van der Waals surface area contributed by atoms with Crippen molar-refractivity contribution in [2.45, 2.75) is 10.6 Å². The molecular weight excluding hydrogens is 420 g/mol. The standard InChI is InChI=1S/C21H16Cl2FNO2S/c1-27-20-9-2-13(21(26)25-16-5-8-19(24)18(23)11-16)10-14(20)12-28-17-6-3-15(22)4-7-17/h2-11H,12H2,1H3,(H,25,26). The van der Waals surface area contributed by atoms with E-state index < -0.39 is 5.82 Å². The third-order valence-electron chi connectivity index (χ3n) is 3.93. The molecule has 0 bridgehead atoms.